The third-order valence-electron chi connectivity index (χ3n) is 3.72. The number of para-hydroxylation sites is 1. The maximum atomic E-state index is 12.2. The molecular weight excluding hydrogens is 398 g/mol. The third kappa shape index (κ3) is 5.73. The predicted molar refractivity (Wildman–Crippen MR) is 99.6 cm³/mol. The lowest BCUT2D eigenvalue weighted by Gasteiger charge is -2.18. The number of nitrogens with one attached hydrogen (secondary N) is 2. The van der Waals surface area contributed by atoms with E-state index in [1.165, 1.54) is 0 Å². The van der Waals surface area contributed by atoms with Crippen molar-refractivity contribution in [2.45, 2.75) is 6.42 Å². The van der Waals surface area contributed by atoms with Crippen molar-refractivity contribution < 1.29 is 14.3 Å². The molecule has 1 saturated heterocycles. The van der Waals surface area contributed by atoms with Crippen LogP contribution < -0.4 is 15.5 Å². The van der Waals surface area contributed by atoms with E-state index in [2.05, 4.69) is 26.6 Å². The van der Waals surface area contributed by atoms with Crippen molar-refractivity contribution in [3.8, 4) is 0 Å². The van der Waals surface area contributed by atoms with Gasteiger partial charge in [0.2, 0.25) is 11.8 Å². The number of ether oxygens (including phenoxy) is 1. The number of hydrogen-bond donors (Lipinski definition) is 2. The zero-order chi connectivity index (χ0) is 16.7. The largest absolute Gasteiger partial charge is 0.383 e. The van der Waals surface area contributed by atoms with Crippen molar-refractivity contribution in [2.75, 3.05) is 44.8 Å². The van der Waals surface area contributed by atoms with Gasteiger partial charge in [-0.1, -0.05) is 12.1 Å². The standard InChI is InChI=1S/C16H22BrN3O3.ClH/c1-23-9-8-18-6-7-19-16(22)12-10-15(21)20(11-12)14-5-3-2-4-13(14)17;/h2-5,12,18H,6-11H2,1H3,(H,19,22);1H. The molecule has 2 amide bonds. The predicted octanol–water partition coefficient (Wildman–Crippen LogP) is 1.58. The molecule has 1 unspecified atom stereocenters. The molecule has 24 heavy (non-hydrogen) atoms. The summed E-state index contributed by atoms with van der Waals surface area (Å²) in [5.74, 6) is -0.384. The fraction of sp³-hybridized carbons (Fsp3) is 0.500. The van der Waals surface area contributed by atoms with E-state index >= 15 is 0 Å². The monoisotopic (exact) mass is 419 g/mol. The van der Waals surface area contributed by atoms with Crippen LogP contribution in [0.1, 0.15) is 6.42 Å². The van der Waals surface area contributed by atoms with Gasteiger partial charge in [0.15, 0.2) is 0 Å². The summed E-state index contributed by atoms with van der Waals surface area (Å²) in [7, 11) is 1.65. The van der Waals surface area contributed by atoms with E-state index in [0.29, 0.717) is 26.2 Å². The molecule has 1 aromatic rings. The summed E-state index contributed by atoms with van der Waals surface area (Å²) in [6, 6.07) is 7.55. The summed E-state index contributed by atoms with van der Waals surface area (Å²) in [5.41, 5.74) is 0.814. The van der Waals surface area contributed by atoms with E-state index in [1.807, 2.05) is 24.3 Å². The molecule has 0 aliphatic carbocycles. The average Bonchev–Trinajstić information content (AvgIpc) is 2.93. The average molecular weight is 421 g/mol. The Hall–Kier alpha value is -1.15. The molecular formula is C16H23BrClN3O3. The van der Waals surface area contributed by atoms with Crippen LogP contribution in [-0.4, -0.2) is 51.7 Å². The minimum atomic E-state index is -0.298. The quantitative estimate of drug-likeness (QED) is 0.627. The molecule has 0 spiro atoms. The van der Waals surface area contributed by atoms with Gasteiger partial charge in [-0.25, -0.2) is 0 Å². The van der Waals surface area contributed by atoms with Gasteiger partial charge in [-0.2, -0.15) is 0 Å². The van der Waals surface area contributed by atoms with Crippen LogP contribution in [0.2, 0.25) is 0 Å². The van der Waals surface area contributed by atoms with E-state index in [0.717, 1.165) is 16.7 Å². The SMILES string of the molecule is COCCNCCNC(=O)C1CC(=O)N(c2ccccc2Br)C1.Cl. The molecule has 0 bridgehead atoms. The van der Waals surface area contributed by atoms with E-state index < -0.39 is 0 Å². The fourth-order valence-electron chi connectivity index (χ4n) is 2.50. The number of amides is 2. The Morgan fingerprint density at radius 1 is 1.33 bits per heavy atom. The highest BCUT2D eigenvalue weighted by molar-refractivity contribution is 9.10. The highest BCUT2D eigenvalue weighted by atomic mass is 79.9. The molecule has 1 fully saturated rings. The van der Waals surface area contributed by atoms with Gasteiger partial charge in [0.25, 0.3) is 0 Å². The Morgan fingerprint density at radius 3 is 2.79 bits per heavy atom. The zero-order valence-corrected chi connectivity index (χ0v) is 16.0. The van der Waals surface area contributed by atoms with Crippen molar-refractivity contribution in [3.05, 3.63) is 28.7 Å². The number of hydrogen-bond acceptors (Lipinski definition) is 4. The summed E-state index contributed by atoms with van der Waals surface area (Å²) < 4.78 is 5.79. The molecule has 2 N–H and O–H groups in total. The van der Waals surface area contributed by atoms with E-state index in [4.69, 9.17) is 4.74 Å². The summed E-state index contributed by atoms with van der Waals surface area (Å²) in [4.78, 5) is 26.0. The minimum absolute atomic E-state index is 0. The van der Waals surface area contributed by atoms with Crippen molar-refractivity contribution in [2.24, 2.45) is 5.92 Å². The maximum Gasteiger partial charge on any atom is 0.227 e. The van der Waals surface area contributed by atoms with Gasteiger partial charge >= 0.3 is 0 Å². The Kier molecular flexibility index (Phi) is 9.28. The summed E-state index contributed by atoms with van der Waals surface area (Å²) in [6.45, 7) is 3.05. The van der Waals surface area contributed by atoms with Crippen LogP contribution in [0.5, 0.6) is 0 Å². The Bertz CT molecular complexity index is 559. The van der Waals surface area contributed by atoms with E-state index in [9.17, 15) is 9.59 Å². The molecule has 0 saturated carbocycles. The lowest BCUT2D eigenvalue weighted by atomic mass is 10.1. The highest BCUT2D eigenvalue weighted by Crippen LogP contribution is 2.31. The summed E-state index contributed by atoms with van der Waals surface area (Å²) in [5, 5.41) is 6.04. The molecule has 0 radical (unpaired) electrons. The zero-order valence-electron chi connectivity index (χ0n) is 13.6. The van der Waals surface area contributed by atoms with E-state index in [1.54, 1.807) is 12.0 Å². The molecule has 0 aromatic heterocycles. The first-order valence-corrected chi connectivity index (χ1v) is 8.45. The normalized spacial score (nSPS) is 16.8. The van der Waals surface area contributed by atoms with Gasteiger partial charge in [-0.3, -0.25) is 9.59 Å². The first-order valence-electron chi connectivity index (χ1n) is 7.65. The maximum absolute atomic E-state index is 12.2. The lowest BCUT2D eigenvalue weighted by molar-refractivity contribution is -0.126. The van der Waals surface area contributed by atoms with Gasteiger partial charge in [0.1, 0.15) is 0 Å². The number of rotatable bonds is 8. The molecule has 134 valence electrons. The first-order chi connectivity index (χ1) is 11.1. The van der Waals surface area contributed by atoms with Gasteiger partial charge in [0, 0.05) is 44.2 Å². The second-order valence-electron chi connectivity index (χ2n) is 5.39. The van der Waals surface area contributed by atoms with Crippen molar-refractivity contribution in [3.63, 3.8) is 0 Å². The summed E-state index contributed by atoms with van der Waals surface area (Å²) in [6.07, 6.45) is 0.254. The van der Waals surface area contributed by atoms with E-state index in [-0.39, 0.29) is 36.6 Å². The number of carbonyl (C=O) groups excluding carboxylic acids is 2. The topological polar surface area (TPSA) is 70.7 Å². The molecule has 1 aromatic carbocycles. The number of methoxy groups -OCH3 is 1. The van der Waals surface area contributed by atoms with Gasteiger partial charge in [-0.15, -0.1) is 12.4 Å². The molecule has 1 heterocycles. The van der Waals surface area contributed by atoms with Crippen LogP contribution in [0, 0.1) is 5.92 Å². The Balaban J connectivity index is 0.00000288. The highest BCUT2D eigenvalue weighted by Gasteiger charge is 2.35. The number of carbonyl (C=O) groups is 2. The molecule has 8 heteroatoms. The van der Waals surface area contributed by atoms with Crippen LogP contribution in [0.3, 0.4) is 0 Å². The van der Waals surface area contributed by atoms with Crippen LogP contribution in [-0.2, 0) is 14.3 Å². The summed E-state index contributed by atoms with van der Waals surface area (Å²) >= 11 is 3.45. The Morgan fingerprint density at radius 2 is 2.08 bits per heavy atom. The minimum Gasteiger partial charge on any atom is -0.383 e. The molecule has 1 atom stereocenters. The molecule has 1 aliphatic heterocycles. The first kappa shape index (κ1) is 20.9. The Labute approximate surface area is 156 Å². The number of halogens is 2. The number of anilines is 1. The van der Waals surface area contributed by atoms with Crippen LogP contribution in [0.25, 0.3) is 0 Å². The van der Waals surface area contributed by atoms with Crippen LogP contribution in [0.4, 0.5) is 5.69 Å². The molecule has 6 nitrogen and oxygen atoms in total. The van der Waals surface area contributed by atoms with Gasteiger partial charge in [-0.05, 0) is 28.1 Å². The number of nitrogens with zero attached hydrogens (tertiary/aromatic N) is 1. The fourth-order valence-corrected chi connectivity index (χ4v) is 3.00. The second-order valence-corrected chi connectivity index (χ2v) is 6.24. The van der Waals surface area contributed by atoms with Crippen molar-refractivity contribution in [1.82, 2.24) is 10.6 Å². The molecule has 1 aliphatic rings. The van der Waals surface area contributed by atoms with Crippen molar-refractivity contribution >= 4 is 45.8 Å². The van der Waals surface area contributed by atoms with Gasteiger partial charge in [0.05, 0.1) is 18.2 Å². The smallest absolute Gasteiger partial charge is 0.227 e. The third-order valence-corrected chi connectivity index (χ3v) is 4.39. The molecule has 2 rings (SSSR count). The van der Waals surface area contributed by atoms with Crippen molar-refractivity contribution in [1.29, 1.82) is 0 Å². The lowest BCUT2D eigenvalue weighted by Crippen LogP contribution is -2.37. The van der Waals surface area contributed by atoms with Crippen LogP contribution in [0.15, 0.2) is 28.7 Å². The number of benzene rings is 1. The van der Waals surface area contributed by atoms with Crippen LogP contribution >= 0.6 is 28.3 Å². The van der Waals surface area contributed by atoms with Gasteiger partial charge < -0.3 is 20.3 Å². The second kappa shape index (κ2) is 10.7.